The molecule has 0 spiro atoms. The third-order valence-corrected chi connectivity index (χ3v) is 4.73. The largest absolute Gasteiger partial charge is 0.393 e. The number of aliphatic hydroxyl groups excluding tert-OH is 1. The van der Waals surface area contributed by atoms with Crippen LogP contribution in [0.4, 0.5) is 5.69 Å². The first-order chi connectivity index (χ1) is 8.69. The lowest BCUT2D eigenvalue weighted by atomic mass is 10.00. The van der Waals surface area contributed by atoms with E-state index in [0.29, 0.717) is 17.4 Å². The zero-order valence-electron chi connectivity index (χ0n) is 10.0. The minimum Gasteiger partial charge on any atom is -0.393 e. The lowest BCUT2D eigenvalue weighted by molar-refractivity contribution is 0.133. The summed E-state index contributed by atoms with van der Waals surface area (Å²) in [6, 6.07) is 8.01. The Kier molecular flexibility index (Phi) is 3.04. The number of aliphatic hydroxyl groups is 1. The van der Waals surface area contributed by atoms with Crippen LogP contribution in [0.5, 0.6) is 0 Å². The molecule has 0 bridgehead atoms. The van der Waals surface area contributed by atoms with Gasteiger partial charge in [-0.15, -0.1) is 0 Å². The zero-order valence-corrected chi connectivity index (χ0v) is 11.6. The van der Waals surface area contributed by atoms with Crippen molar-refractivity contribution in [2.24, 2.45) is 11.8 Å². The molecule has 0 unspecified atom stereocenters. The van der Waals surface area contributed by atoms with Crippen LogP contribution < -0.4 is 4.90 Å². The number of halogens is 1. The summed E-state index contributed by atoms with van der Waals surface area (Å²) in [7, 11) is 0. The van der Waals surface area contributed by atoms with Crippen molar-refractivity contribution in [3.63, 3.8) is 0 Å². The molecule has 1 heterocycles. The summed E-state index contributed by atoms with van der Waals surface area (Å²) < 4.78 is 0.995. The molecule has 3 atom stereocenters. The van der Waals surface area contributed by atoms with Crippen molar-refractivity contribution in [1.82, 2.24) is 0 Å². The first-order valence-electron chi connectivity index (χ1n) is 6.31. The molecule has 1 saturated carbocycles. The van der Waals surface area contributed by atoms with Crippen LogP contribution in [-0.2, 0) is 0 Å². The van der Waals surface area contributed by atoms with Crippen molar-refractivity contribution < 1.29 is 5.11 Å². The van der Waals surface area contributed by atoms with Crippen molar-refractivity contribution >= 4 is 21.6 Å². The maximum absolute atomic E-state index is 9.94. The third kappa shape index (κ3) is 1.92. The van der Waals surface area contributed by atoms with E-state index >= 15 is 0 Å². The van der Waals surface area contributed by atoms with Gasteiger partial charge >= 0.3 is 0 Å². The number of rotatable bonds is 1. The van der Waals surface area contributed by atoms with Gasteiger partial charge in [0.05, 0.1) is 17.4 Å². The highest BCUT2D eigenvalue weighted by atomic mass is 79.9. The minimum absolute atomic E-state index is 0.155. The average molecular weight is 307 g/mol. The second-order valence-electron chi connectivity index (χ2n) is 5.25. The Hall–Kier alpha value is -1.05. The van der Waals surface area contributed by atoms with Crippen LogP contribution in [0.15, 0.2) is 22.7 Å². The van der Waals surface area contributed by atoms with Crippen LogP contribution in [0.25, 0.3) is 0 Å². The van der Waals surface area contributed by atoms with Crippen LogP contribution in [0.3, 0.4) is 0 Å². The second kappa shape index (κ2) is 4.56. The van der Waals surface area contributed by atoms with Crippen molar-refractivity contribution in [2.45, 2.75) is 18.9 Å². The Labute approximate surface area is 115 Å². The number of nitriles is 1. The quantitative estimate of drug-likeness (QED) is 0.867. The lowest BCUT2D eigenvalue weighted by Gasteiger charge is -2.21. The Bertz CT molecular complexity index is 511. The van der Waals surface area contributed by atoms with Gasteiger partial charge in [0.15, 0.2) is 0 Å². The van der Waals surface area contributed by atoms with Crippen molar-refractivity contribution in [2.75, 3.05) is 18.0 Å². The smallest absolute Gasteiger partial charge is 0.101 e. The highest BCUT2D eigenvalue weighted by Gasteiger charge is 2.42. The topological polar surface area (TPSA) is 47.3 Å². The molecule has 3 rings (SSSR count). The van der Waals surface area contributed by atoms with Gasteiger partial charge in [-0.1, -0.05) is 15.9 Å². The van der Waals surface area contributed by atoms with Crippen molar-refractivity contribution in [3.8, 4) is 6.07 Å². The summed E-state index contributed by atoms with van der Waals surface area (Å²) in [6.45, 7) is 1.84. The highest BCUT2D eigenvalue weighted by Crippen LogP contribution is 2.40. The van der Waals surface area contributed by atoms with Gasteiger partial charge in [0.2, 0.25) is 0 Å². The summed E-state index contributed by atoms with van der Waals surface area (Å²) in [5, 5.41) is 19.1. The van der Waals surface area contributed by atoms with Gasteiger partial charge in [0, 0.05) is 23.5 Å². The van der Waals surface area contributed by atoms with E-state index in [2.05, 4.69) is 26.9 Å². The number of benzene rings is 1. The van der Waals surface area contributed by atoms with Gasteiger partial charge in [0.25, 0.3) is 0 Å². The van der Waals surface area contributed by atoms with Crippen LogP contribution in [0.1, 0.15) is 18.4 Å². The molecule has 1 saturated heterocycles. The summed E-state index contributed by atoms with van der Waals surface area (Å²) >= 11 is 3.46. The number of anilines is 1. The van der Waals surface area contributed by atoms with Crippen molar-refractivity contribution in [1.29, 1.82) is 5.26 Å². The molecule has 0 radical (unpaired) electrons. The van der Waals surface area contributed by atoms with Gasteiger partial charge < -0.3 is 10.0 Å². The monoisotopic (exact) mass is 306 g/mol. The third-order valence-electron chi connectivity index (χ3n) is 4.24. The Balaban J connectivity index is 1.89. The lowest BCUT2D eigenvalue weighted by Crippen LogP contribution is -2.25. The van der Waals surface area contributed by atoms with E-state index < -0.39 is 0 Å². The molecule has 1 N–H and O–H groups in total. The normalized spacial score (nSPS) is 30.3. The minimum atomic E-state index is -0.155. The van der Waals surface area contributed by atoms with Gasteiger partial charge in [0.1, 0.15) is 6.07 Å². The van der Waals surface area contributed by atoms with Crippen LogP contribution >= 0.6 is 15.9 Å². The molecule has 4 heteroatoms. The maximum atomic E-state index is 9.94. The SMILES string of the molecule is N#Cc1ccc(Br)cc1N1C[C@@H]2CC[C@H](O)[C@@H]2C1. The summed E-state index contributed by atoms with van der Waals surface area (Å²) in [6.07, 6.45) is 1.89. The number of hydrogen-bond acceptors (Lipinski definition) is 3. The van der Waals surface area contributed by atoms with Crippen LogP contribution in [0.2, 0.25) is 0 Å². The van der Waals surface area contributed by atoms with E-state index in [1.165, 1.54) is 0 Å². The summed E-state index contributed by atoms with van der Waals surface area (Å²) in [5.41, 5.74) is 1.71. The first-order valence-corrected chi connectivity index (χ1v) is 7.11. The zero-order chi connectivity index (χ0) is 12.7. The molecule has 1 aliphatic heterocycles. The molecule has 3 nitrogen and oxygen atoms in total. The average Bonchev–Trinajstić information content (AvgIpc) is 2.92. The molecule has 2 aliphatic rings. The Morgan fingerprint density at radius 2 is 2.17 bits per heavy atom. The van der Waals surface area contributed by atoms with E-state index in [9.17, 15) is 10.4 Å². The second-order valence-corrected chi connectivity index (χ2v) is 6.16. The van der Waals surface area contributed by atoms with E-state index in [1.54, 1.807) is 0 Å². The number of nitrogens with zero attached hydrogens (tertiary/aromatic N) is 2. The number of hydrogen-bond donors (Lipinski definition) is 1. The van der Waals surface area contributed by atoms with Crippen LogP contribution in [0, 0.1) is 23.2 Å². The Morgan fingerprint density at radius 1 is 1.33 bits per heavy atom. The fourth-order valence-corrected chi connectivity index (χ4v) is 3.64. The van der Waals surface area contributed by atoms with E-state index in [4.69, 9.17) is 0 Å². The molecular formula is C14H15BrN2O. The predicted molar refractivity (Wildman–Crippen MR) is 73.3 cm³/mol. The molecule has 1 aromatic rings. The van der Waals surface area contributed by atoms with E-state index in [0.717, 1.165) is 36.1 Å². The first kappa shape index (κ1) is 12.0. The maximum Gasteiger partial charge on any atom is 0.101 e. The molecule has 0 aromatic heterocycles. The molecule has 0 amide bonds. The fraction of sp³-hybridized carbons (Fsp3) is 0.500. The highest BCUT2D eigenvalue weighted by molar-refractivity contribution is 9.10. The van der Waals surface area contributed by atoms with Crippen LogP contribution in [-0.4, -0.2) is 24.3 Å². The van der Waals surface area contributed by atoms with Crippen molar-refractivity contribution in [3.05, 3.63) is 28.2 Å². The summed E-state index contributed by atoms with van der Waals surface area (Å²) in [4.78, 5) is 2.25. The summed E-state index contributed by atoms with van der Waals surface area (Å²) in [5.74, 6) is 0.973. The van der Waals surface area contributed by atoms with E-state index in [-0.39, 0.29) is 6.10 Å². The number of fused-ring (bicyclic) bond motifs is 1. The molecule has 1 aromatic carbocycles. The van der Waals surface area contributed by atoms with E-state index in [1.807, 2.05) is 18.2 Å². The molecule has 94 valence electrons. The van der Waals surface area contributed by atoms with Gasteiger partial charge in [-0.05, 0) is 37.0 Å². The fourth-order valence-electron chi connectivity index (χ4n) is 3.29. The molecular weight excluding hydrogens is 292 g/mol. The molecule has 1 aliphatic carbocycles. The Morgan fingerprint density at radius 3 is 2.89 bits per heavy atom. The standard InChI is InChI=1S/C14H15BrN2O/c15-11-3-1-9(6-16)13(5-11)17-7-10-2-4-14(18)12(10)8-17/h1,3,5,10,12,14,18H,2,4,7-8H2/t10-,12+,14-/m0/s1. The molecule has 18 heavy (non-hydrogen) atoms. The van der Waals surface area contributed by atoms with Gasteiger partial charge in [-0.3, -0.25) is 0 Å². The van der Waals surface area contributed by atoms with Gasteiger partial charge in [-0.2, -0.15) is 5.26 Å². The predicted octanol–water partition coefficient (Wildman–Crippen LogP) is 2.53. The van der Waals surface area contributed by atoms with Gasteiger partial charge in [-0.25, -0.2) is 0 Å². The molecule has 2 fully saturated rings.